The summed E-state index contributed by atoms with van der Waals surface area (Å²) < 4.78 is 5.62. The van der Waals surface area contributed by atoms with Gasteiger partial charge in [0.1, 0.15) is 5.75 Å². The number of ether oxygens (including phenoxy) is 1. The van der Waals surface area contributed by atoms with Crippen molar-refractivity contribution in [3.05, 3.63) is 59.7 Å². The molecule has 0 radical (unpaired) electrons. The predicted octanol–water partition coefficient (Wildman–Crippen LogP) is 3.11. The summed E-state index contributed by atoms with van der Waals surface area (Å²) in [6.07, 6.45) is 0.459. The van der Waals surface area contributed by atoms with Crippen LogP contribution in [0.4, 0.5) is 5.69 Å². The normalized spacial score (nSPS) is 10.5. The highest BCUT2D eigenvalue weighted by Crippen LogP contribution is 2.16. The molecule has 4 heteroatoms. The highest BCUT2D eigenvalue weighted by atomic mass is 16.5. The van der Waals surface area contributed by atoms with Gasteiger partial charge in [-0.1, -0.05) is 24.3 Å². The van der Waals surface area contributed by atoms with E-state index in [1.54, 1.807) is 0 Å². The number of nitrogens with one attached hydrogen (secondary N) is 1. The van der Waals surface area contributed by atoms with E-state index in [-0.39, 0.29) is 18.4 Å². The molecule has 2 rings (SSSR count). The molecule has 116 valence electrons. The van der Waals surface area contributed by atoms with E-state index in [0.717, 1.165) is 23.5 Å². The SMILES string of the molecule is CC(C)Oc1ccc(CNc2ccc(CC(N)=O)cc2)cc1. The number of nitrogens with two attached hydrogens (primary N) is 1. The summed E-state index contributed by atoms with van der Waals surface area (Å²) in [4.78, 5) is 10.9. The van der Waals surface area contributed by atoms with Gasteiger partial charge in [-0.05, 0) is 49.2 Å². The van der Waals surface area contributed by atoms with Crippen LogP contribution >= 0.6 is 0 Å². The van der Waals surface area contributed by atoms with Crippen molar-refractivity contribution < 1.29 is 9.53 Å². The molecule has 0 bridgehead atoms. The van der Waals surface area contributed by atoms with Gasteiger partial charge in [-0.3, -0.25) is 4.79 Å². The van der Waals surface area contributed by atoms with Crippen molar-refractivity contribution in [1.82, 2.24) is 0 Å². The number of primary amides is 1. The number of anilines is 1. The monoisotopic (exact) mass is 298 g/mol. The van der Waals surface area contributed by atoms with Crippen LogP contribution in [0.1, 0.15) is 25.0 Å². The van der Waals surface area contributed by atoms with E-state index < -0.39 is 0 Å². The van der Waals surface area contributed by atoms with Crippen LogP contribution in [0.5, 0.6) is 5.75 Å². The quantitative estimate of drug-likeness (QED) is 0.825. The summed E-state index contributed by atoms with van der Waals surface area (Å²) >= 11 is 0. The third-order valence-electron chi connectivity index (χ3n) is 3.12. The zero-order valence-corrected chi connectivity index (χ0v) is 13.0. The molecule has 0 spiro atoms. The largest absolute Gasteiger partial charge is 0.491 e. The second-order valence-electron chi connectivity index (χ2n) is 5.50. The molecule has 0 aliphatic carbocycles. The number of rotatable bonds is 7. The second-order valence-corrected chi connectivity index (χ2v) is 5.50. The molecule has 22 heavy (non-hydrogen) atoms. The lowest BCUT2D eigenvalue weighted by molar-refractivity contribution is -0.117. The fraction of sp³-hybridized carbons (Fsp3) is 0.278. The third-order valence-corrected chi connectivity index (χ3v) is 3.12. The van der Waals surface area contributed by atoms with Crippen LogP contribution in [-0.4, -0.2) is 12.0 Å². The summed E-state index contributed by atoms with van der Waals surface area (Å²) in [5, 5.41) is 3.34. The van der Waals surface area contributed by atoms with Crippen molar-refractivity contribution in [3.63, 3.8) is 0 Å². The Hall–Kier alpha value is -2.49. The first-order valence-corrected chi connectivity index (χ1v) is 7.39. The molecule has 1 amide bonds. The molecule has 0 atom stereocenters. The number of hydrogen-bond acceptors (Lipinski definition) is 3. The smallest absolute Gasteiger partial charge is 0.221 e. The van der Waals surface area contributed by atoms with Crippen molar-refractivity contribution in [3.8, 4) is 5.75 Å². The van der Waals surface area contributed by atoms with Gasteiger partial charge in [0.15, 0.2) is 0 Å². The maximum Gasteiger partial charge on any atom is 0.221 e. The van der Waals surface area contributed by atoms with E-state index in [9.17, 15) is 4.79 Å². The summed E-state index contributed by atoms with van der Waals surface area (Å²) in [6.45, 7) is 4.76. The average molecular weight is 298 g/mol. The summed E-state index contributed by atoms with van der Waals surface area (Å²) in [7, 11) is 0. The Bertz CT molecular complexity index is 604. The Labute approximate surface area is 131 Å². The minimum atomic E-state index is -0.315. The van der Waals surface area contributed by atoms with Gasteiger partial charge < -0.3 is 15.8 Å². The Morgan fingerprint density at radius 3 is 2.18 bits per heavy atom. The molecule has 0 saturated heterocycles. The van der Waals surface area contributed by atoms with Crippen molar-refractivity contribution >= 4 is 11.6 Å². The molecule has 0 aliphatic rings. The van der Waals surface area contributed by atoms with E-state index in [4.69, 9.17) is 10.5 Å². The van der Waals surface area contributed by atoms with Crippen molar-refractivity contribution in [2.75, 3.05) is 5.32 Å². The molecule has 2 aromatic rings. The van der Waals surface area contributed by atoms with Gasteiger partial charge in [0.2, 0.25) is 5.91 Å². The molecule has 0 heterocycles. The van der Waals surface area contributed by atoms with Crippen molar-refractivity contribution in [2.45, 2.75) is 32.9 Å². The number of hydrogen-bond donors (Lipinski definition) is 2. The number of carbonyl (C=O) groups excluding carboxylic acids is 1. The first-order valence-electron chi connectivity index (χ1n) is 7.39. The maximum atomic E-state index is 10.9. The fourth-order valence-electron chi connectivity index (χ4n) is 2.10. The van der Waals surface area contributed by atoms with Gasteiger partial charge in [-0.2, -0.15) is 0 Å². The Balaban J connectivity index is 1.88. The molecule has 0 saturated carbocycles. The van der Waals surface area contributed by atoms with Crippen LogP contribution in [-0.2, 0) is 17.8 Å². The standard InChI is InChI=1S/C18H22N2O2/c1-13(2)22-17-9-5-15(6-10-17)12-20-16-7-3-14(4-8-16)11-18(19)21/h3-10,13,20H,11-12H2,1-2H3,(H2,19,21). The van der Waals surface area contributed by atoms with Crippen LogP contribution in [0.2, 0.25) is 0 Å². The molecule has 4 nitrogen and oxygen atoms in total. The first-order chi connectivity index (χ1) is 10.5. The van der Waals surface area contributed by atoms with Gasteiger partial charge in [-0.15, -0.1) is 0 Å². The van der Waals surface area contributed by atoms with Crippen LogP contribution < -0.4 is 15.8 Å². The Morgan fingerprint density at radius 1 is 1.05 bits per heavy atom. The topological polar surface area (TPSA) is 64.3 Å². The van der Waals surface area contributed by atoms with Crippen LogP contribution in [0.25, 0.3) is 0 Å². The lowest BCUT2D eigenvalue weighted by atomic mass is 10.1. The molecular formula is C18H22N2O2. The van der Waals surface area contributed by atoms with E-state index in [2.05, 4.69) is 5.32 Å². The summed E-state index contributed by atoms with van der Waals surface area (Å²) in [5.74, 6) is 0.568. The zero-order valence-electron chi connectivity index (χ0n) is 13.0. The predicted molar refractivity (Wildman–Crippen MR) is 88.9 cm³/mol. The van der Waals surface area contributed by atoms with E-state index in [0.29, 0.717) is 0 Å². The van der Waals surface area contributed by atoms with Gasteiger partial charge >= 0.3 is 0 Å². The van der Waals surface area contributed by atoms with E-state index >= 15 is 0 Å². The minimum Gasteiger partial charge on any atom is -0.491 e. The fourth-order valence-corrected chi connectivity index (χ4v) is 2.10. The first kappa shape index (κ1) is 15.9. The minimum absolute atomic E-state index is 0.183. The number of benzene rings is 2. The molecular weight excluding hydrogens is 276 g/mol. The molecule has 0 unspecified atom stereocenters. The number of carbonyl (C=O) groups is 1. The van der Waals surface area contributed by atoms with Crippen LogP contribution in [0.3, 0.4) is 0 Å². The zero-order chi connectivity index (χ0) is 15.9. The lowest BCUT2D eigenvalue weighted by Crippen LogP contribution is -2.13. The molecule has 0 aliphatic heterocycles. The molecule has 0 fully saturated rings. The maximum absolute atomic E-state index is 10.9. The highest BCUT2D eigenvalue weighted by Gasteiger charge is 2.00. The van der Waals surface area contributed by atoms with Gasteiger partial charge in [0.05, 0.1) is 12.5 Å². The van der Waals surface area contributed by atoms with E-state index in [1.165, 1.54) is 5.56 Å². The van der Waals surface area contributed by atoms with Crippen molar-refractivity contribution in [2.24, 2.45) is 5.73 Å². The molecule has 0 aromatic heterocycles. The Kier molecular flexibility index (Phi) is 5.42. The van der Waals surface area contributed by atoms with Crippen LogP contribution in [0.15, 0.2) is 48.5 Å². The molecule has 3 N–H and O–H groups in total. The van der Waals surface area contributed by atoms with Gasteiger partial charge in [-0.25, -0.2) is 0 Å². The second kappa shape index (κ2) is 7.50. The van der Waals surface area contributed by atoms with Gasteiger partial charge in [0, 0.05) is 12.2 Å². The lowest BCUT2D eigenvalue weighted by Gasteiger charge is -2.11. The van der Waals surface area contributed by atoms with Crippen LogP contribution in [0, 0.1) is 0 Å². The van der Waals surface area contributed by atoms with Crippen molar-refractivity contribution in [1.29, 1.82) is 0 Å². The molecule has 2 aromatic carbocycles. The number of amides is 1. The Morgan fingerprint density at radius 2 is 1.64 bits per heavy atom. The van der Waals surface area contributed by atoms with E-state index in [1.807, 2.05) is 62.4 Å². The average Bonchev–Trinajstić information content (AvgIpc) is 2.47. The summed E-state index contributed by atoms with van der Waals surface area (Å²) in [5.41, 5.74) is 8.29. The third kappa shape index (κ3) is 5.13. The van der Waals surface area contributed by atoms with Gasteiger partial charge in [0.25, 0.3) is 0 Å². The highest BCUT2D eigenvalue weighted by molar-refractivity contribution is 5.76. The summed E-state index contributed by atoms with van der Waals surface area (Å²) in [6, 6.07) is 15.8.